The Hall–Kier alpha value is -2.47. The molecule has 16 heteroatoms. The Morgan fingerprint density at radius 2 is 1.49 bits per heavy atom. The Bertz CT molecular complexity index is 1580. The molecule has 2 atom stereocenters. The zero-order chi connectivity index (χ0) is 30.4. The van der Waals surface area contributed by atoms with Crippen molar-refractivity contribution in [3.8, 4) is 0 Å². The summed E-state index contributed by atoms with van der Waals surface area (Å²) in [6.07, 6.45) is 0. The van der Waals surface area contributed by atoms with E-state index in [0.29, 0.717) is 16.7 Å². The second kappa shape index (κ2) is 11.7. The van der Waals surface area contributed by atoms with Crippen LogP contribution in [0.5, 0.6) is 0 Å². The monoisotopic (exact) mass is 689 g/mol. The number of rotatable bonds is 7. The van der Waals surface area contributed by atoms with Crippen molar-refractivity contribution in [3.63, 3.8) is 0 Å². The fourth-order valence-corrected chi connectivity index (χ4v) is 5.29. The molecule has 3 aromatic carbocycles. The molecule has 1 aliphatic rings. The highest BCUT2D eigenvalue weighted by Crippen LogP contribution is 2.65. The van der Waals surface area contributed by atoms with Crippen molar-refractivity contribution in [3.05, 3.63) is 86.4 Å². The highest BCUT2D eigenvalue weighted by atomic mass is 35.5. The van der Waals surface area contributed by atoms with Crippen LogP contribution in [0.2, 0.25) is 15.1 Å². The number of hydrogen-bond acceptors (Lipinski definition) is 3. The lowest BCUT2D eigenvalue weighted by molar-refractivity contribution is -0.130. The van der Waals surface area contributed by atoms with Gasteiger partial charge in [-0.15, -0.1) is 23.2 Å². The summed E-state index contributed by atoms with van der Waals surface area (Å²) in [5.74, 6) is -8.32. The van der Waals surface area contributed by atoms with Crippen LogP contribution in [0.1, 0.15) is 21.8 Å². The summed E-state index contributed by atoms with van der Waals surface area (Å²) in [5.41, 5.74) is -1.55. The van der Waals surface area contributed by atoms with E-state index >= 15 is 0 Å². The maximum atomic E-state index is 14.8. The van der Waals surface area contributed by atoms with Gasteiger partial charge in [0.15, 0.2) is 5.82 Å². The molecule has 0 bridgehead atoms. The maximum Gasteiger partial charge on any atom is 0.400 e. The van der Waals surface area contributed by atoms with Crippen molar-refractivity contribution < 1.29 is 31.9 Å². The fraction of sp³-hybridized carbons (Fsp3) is 0.160. The van der Waals surface area contributed by atoms with Crippen LogP contribution in [-0.2, 0) is 9.59 Å². The zero-order valence-corrected chi connectivity index (χ0v) is 24.3. The molecule has 1 aliphatic carbocycles. The lowest BCUT2D eigenvalue weighted by Gasteiger charge is -2.14. The van der Waals surface area contributed by atoms with Crippen LogP contribution in [0.4, 0.5) is 34.6 Å². The summed E-state index contributed by atoms with van der Waals surface area (Å²) in [6.45, 7) is 0. The average Bonchev–Trinajstić information content (AvgIpc) is 3.47. The first-order valence-corrected chi connectivity index (χ1v) is 13.4. The van der Waals surface area contributed by atoms with Crippen LogP contribution in [0.3, 0.4) is 0 Å². The first-order valence-electron chi connectivity index (χ1n) is 11.1. The molecule has 0 radical (unpaired) electrons. The molecular formula is C25H13Cl6F4N3O3. The summed E-state index contributed by atoms with van der Waals surface area (Å²) in [7, 11) is 0. The van der Waals surface area contributed by atoms with Crippen molar-refractivity contribution in [1.29, 1.82) is 0 Å². The summed E-state index contributed by atoms with van der Waals surface area (Å²) >= 11 is 35.4. The minimum absolute atomic E-state index is 0.0883. The number of nitrogens with one attached hydrogen (secondary N) is 3. The quantitative estimate of drug-likeness (QED) is 0.172. The van der Waals surface area contributed by atoms with Crippen LogP contribution >= 0.6 is 69.6 Å². The molecule has 0 heterocycles. The van der Waals surface area contributed by atoms with Crippen molar-refractivity contribution >= 4 is 104 Å². The minimum Gasteiger partial charge on any atom is -0.326 e. The maximum absolute atomic E-state index is 14.8. The molecule has 41 heavy (non-hydrogen) atoms. The fourth-order valence-electron chi connectivity index (χ4n) is 3.91. The largest absolute Gasteiger partial charge is 0.400 e. The smallest absolute Gasteiger partial charge is 0.326 e. The molecule has 0 spiro atoms. The Balaban J connectivity index is 1.52. The average molecular weight is 692 g/mol. The van der Waals surface area contributed by atoms with Crippen LogP contribution in [0.25, 0.3) is 0 Å². The van der Waals surface area contributed by atoms with E-state index in [1.807, 2.05) is 0 Å². The second-order valence-electron chi connectivity index (χ2n) is 8.68. The number of alkyl halides is 5. The standard InChI is InChI=1S/C25H13Cl6F4N3O3/c26-12-4-2-10(36-22(40)18-17(24(18,29)30)9-1-3-13(27)14(28)7-9)8-11(12)21(39)37-16-6-5-15(32)20(19(16)33)38-23(41)25(31,34)35/h1-8,17-18H,(H,36,40)(H,37,39)(H,38,41)/t17-,18?/m0/s1. The molecule has 1 unspecified atom stereocenters. The van der Waals surface area contributed by atoms with E-state index in [1.165, 1.54) is 23.5 Å². The van der Waals surface area contributed by atoms with E-state index in [9.17, 15) is 31.9 Å². The summed E-state index contributed by atoms with van der Waals surface area (Å²) < 4.78 is 53.3. The third-order valence-electron chi connectivity index (χ3n) is 5.95. The normalized spacial score (nSPS) is 17.5. The van der Waals surface area contributed by atoms with Gasteiger partial charge in [0, 0.05) is 11.6 Å². The van der Waals surface area contributed by atoms with E-state index in [2.05, 4.69) is 22.2 Å². The summed E-state index contributed by atoms with van der Waals surface area (Å²) in [5, 5.41) is 1.98. The Morgan fingerprint density at radius 1 is 0.829 bits per heavy atom. The highest BCUT2D eigenvalue weighted by molar-refractivity contribution is 6.53. The zero-order valence-electron chi connectivity index (χ0n) is 19.8. The van der Waals surface area contributed by atoms with E-state index < -0.39 is 62.3 Å². The third kappa shape index (κ3) is 6.63. The lowest BCUT2D eigenvalue weighted by Crippen LogP contribution is -2.30. The van der Waals surface area contributed by atoms with E-state index in [0.717, 1.165) is 12.1 Å². The SMILES string of the molecule is O=C(Nc1ccc(F)c(NC(=O)C(F)(F)Cl)c1F)c1cc(NC(=O)C2[C@H](c3ccc(Cl)c(Cl)c3)C2(Cl)Cl)ccc1Cl. The molecular weight excluding hydrogens is 679 g/mol. The van der Waals surface area contributed by atoms with Gasteiger partial charge in [0.25, 0.3) is 5.91 Å². The number of halogens is 10. The molecule has 3 amide bonds. The number of anilines is 3. The molecule has 216 valence electrons. The molecule has 3 aromatic rings. The van der Waals surface area contributed by atoms with Crippen molar-refractivity contribution in [1.82, 2.24) is 0 Å². The summed E-state index contributed by atoms with van der Waals surface area (Å²) in [6, 6.07) is 9.90. The molecule has 4 rings (SSSR count). The van der Waals surface area contributed by atoms with Gasteiger partial charge in [-0.2, -0.15) is 8.78 Å². The minimum atomic E-state index is -4.45. The van der Waals surface area contributed by atoms with Crippen LogP contribution in [-0.4, -0.2) is 27.4 Å². The Labute approximate surface area is 259 Å². The van der Waals surface area contributed by atoms with Crippen molar-refractivity contribution in [2.75, 3.05) is 16.0 Å². The number of carbonyl (C=O) groups is 3. The molecule has 0 aromatic heterocycles. The van der Waals surface area contributed by atoms with Crippen molar-refractivity contribution in [2.45, 2.75) is 15.6 Å². The van der Waals surface area contributed by atoms with Gasteiger partial charge in [-0.25, -0.2) is 8.78 Å². The number of carbonyl (C=O) groups excluding carboxylic acids is 3. The molecule has 3 N–H and O–H groups in total. The van der Waals surface area contributed by atoms with Gasteiger partial charge >= 0.3 is 11.3 Å². The van der Waals surface area contributed by atoms with Crippen molar-refractivity contribution in [2.24, 2.45) is 5.92 Å². The van der Waals surface area contributed by atoms with Gasteiger partial charge in [-0.05, 0) is 59.6 Å². The van der Waals surface area contributed by atoms with Crippen LogP contribution in [0, 0.1) is 17.6 Å². The molecule has 1 saturated carbocycles. The van der Waals surface area contributed by atoms with E-state index in [1.54, 1.807) is 12.1 Å². The van der Waals surface area contributed by atoms with Crippen LogP contribution in [0.15, 0.2) is 48.5 Å². The Morgan fingerprint density at radius 3 is 2.12 bits per heavy atom. The van der Waals surface area contributed by atoms with Crippen LogP contribution < -0.4 is 16.0 Å². The summed E-state index contributed by atoms with van der Waals surface area (Å²) in [4.78, 5) is 37.3. The molecule has 0 saturated heterocycles. The molecule has 6 nitrogen and oxygen atoms in total. The molecule has 0 aliphatic heterocycles. The highest BCUT2D eigenvalue weighted by Gasteiger charge is 2.67. The van der Waals surface area contributed by atoms with Gasteiger partial charge in [0.05, 0.1) is 32.2 Å². The molecule has 1 fully saturated rings. The van der Waals surface area contributed by atoms with E-state index in [-0.39, 0.29) is 21.3 Å². The first kappa shape index (κ1) is 31.5. The van der Waals surface area contributed by atoms with Gasteiger partial charge in [-0.3, -0.25) is 14.4 Å². The predicted molar refractivity (Wildman–Crippen MR) is 151 cm³/mol. The van der Waals surface area contributed by atoms with Gasteiger partial charge in [0.1, 0.15) is 15.8 Å². The van der Waals surface area contributed by atoms with Gasteiger partial charge in [-0.1, -0.05) is 40.9 Å². The van der Waals surface area contributed by atoms with E-state index in [4.69, 9.17) is 58.0 Å². The topological polar surface area (TPSA) is 87.3 Å². The predicted octanol–water partition coefficient (Wildman–Crippen LogP) is 8.47. The number of amides is 3. The van der Waals surface area contributed by atoms with Gasteiger partial charge in [0.2, 0.25) is 5.91 Å². The third-order valence-corrected chi connectivity index (χ3v) is 8.13. The lowest BCUT2D eigenvalue weighted by atomic mass is 10.1. The Kier molecular flexibility index (Phi) is 8.95. The first-order chi connectivity index (χ1) is 19.0. The number of hydrogen-bond donors (Lipinski definition) is 3. The second-order valence-corrected chi connectivity index (χ2v) is 11.8. The number of benzene rings is 3. The van der Waals surface area contributed by atoms with Gasteiger partial charge < -0.3 is 16.0 Å².